The average molecular weight is 292 g/mol. The lowest BCUT2D eigenvalue weighted by molar-refractivity contribution is -0.385. The average Bonchev–Trinajstić information content (AvgIpc) is 2.41. The third-order valence-electron chi connectivity index (χ3n) is 3.17. The van der Waals surface area contributed by atoms with Crippen molar-refractivity contribution in [2.75, 3.05) is 5.32 Å². The Morgan fingerprint density at radius 1 is 1.19 bits per heavy atom. The van der Waals surface area contributed by atoms with Gasteiger partial charge in [-0.1, -0.05) is 12.1 Å². The lowest BCUT2D eigenvalue weighted by Gasteiger charge is -2.16. The van der Waals surface area contributed by atoms with E-state index in [1.165, 1.54) is 12.1 Å². The van der Waals surface area contributed by atoms with E-state index in [1.54, 1.807) is 26.0 Å². The fourth-order valence-corrected chi connectivity index (χ4v) is 1.97. The molecule has 0 heterocycles. The summed E-state index contributed by atoms with van der Waals surface area (Å²) >= 11 is 0. The number of hydrogen-bond acceptors (Lipinski definition) is 3. The van der Waals surface area contributed by atoms with E-state index in [9.17, 15) is 18.9 Å². The number of benzene rings is 2. The molecule has 6 heteroatoms. The molecule has 1 unspecified atom stereocenters. The highest BCUT2D eigenvalue weighted by Crippen LogP contribution is 2.25. The zero-order valence-electron chi connectivity index (χ0n) is 11.6. The van der Waals surface area contributed by atoms with Crippen molar-refractivity contribution in [3.63, 3.8) is 0 Å². The normalized spacial score (nSPS) is 12.0. The maximum Gasteiger partial charge on any atom is 0.274 e. The molecular formula is C15H14F2N2O2. The monoisotopic (exact) mass is 292 g/mol. The number of nitrogens with zero attached hydrogens (tertiary/aromatic N) is 1. The summed E-state index contributed by atoms with van der Waals surface area (Å²) in [6.07, 6.45) is 0. The summed E-state index contributed by atoms with van der Waals surface area (Å²) in [4.78, 5) is 10.0. The van der Waals surface area contributed by atoms with Crippen LogP contribution in [-0.2, 0) is 0 Å². The summed E-state index contributed by atoms with van der Waals surface area (Å²) in [5, 5.41) is 13.6. The number of halogens is 2. The Bertz CT molecular complexity index is 689. The molecule has 0 amide bonds. The van der Waals surface area contributed by atoms with Crippen LogP contribution in [0.25, 0.3) is 0 Å². The number of non-ortho nitro benzene ring substituents is 1. The number of anilines is 1. The molecule has 1 N–H and O–H groups in total. The fraction of sp³-hybridized carbons (Fsp3) is 0.200. The number of nitrogens with one attached hydrogen (secondary N) is 1. The van der Waals surface area contributed by atoms with Crippen LogP contribution in [0.4, 0.5) is 20.2 Å². The molecule has 0 fully saturated rings. The van der Waals surface area contributed by atoms with Crippen molar-refractivity contribution >= 4 is 11.4 Å². The highest BCUT2D eigenvalue weighted by Gasteiger charge is 2.13. The Hall–Kier alpha value is -2.50. The molecule has 4 nitrogen and oxygen atoms in total. The van der Waals surface area contributed by atoms with E-state index in [0.29, 0.717) is 11.1 Å². The van der Waals surface area contributed by atoms with Gasteiger partial charge in [0.2, 0.25) is 0 Å². The largest absolute Gasteiger partial charge is 0.378 e. The van der Waals surface area contributed by atoms with Gasteiger partial charge < -0.3 is 5.32 Å². The number of nitro groups is 1. The first-order chi connectivity index (χ1) is 9.86. The van der Waals surface area contributed by atoms with E-state index in [0.717, 1.165) is 12.1 Å². The number of nitro benzene ring substituents is 1. The van der Waals surface area contributed by atoms with E-state index in [1.807, 2.05) is 0 Å². The minimum Gasteiger partial charge on any atom is -0.378 e. The van der Waals surface area contributed by atoms with Crippen molar-refractivity contribution in [3.8, 4) is 0 Å². The Labute approximate surface area is 120 Å². The van der Waals surface area contributed by atoms with Gasteiger partial charge in [-0.05, 0) is 37.1 Å². The summed E-state index contributed by atoms with van der Waals surface area (Å²) in [6.45, 7) is 3.42. The first kappa shape index (κ1) is 14.9. The van der Waals surface area contributed by atoms with E-state index >= 15 is 0 Å². The summed E-state index contributed by atoms with van der Waals surface area (Å²) in [5.41, 5.74) is 1.15. The molecule has 0 bridgehead atoms. The zero-order chi connectivity index (χ0) is 15.6. The fourth-order valence-electron chi connectivity index (χ4n) is 1.97. The molecule has 21 heavy (non-hydrogen) atoms. The molecule has 0 aliphatic rings. The molecule has 2 aromatic carbocycles. The van der Waals surface area contributed by atoms with Gasteiger partial charge in [0.05, 0.1) is 11.0 Å². The lowest BCUT2D eigenvalue weighted by atomic mass is 10.1. The van der Waals surface area contributed by atoms with Gasteiger partial charge in [0.15, 0.2) is 0 Å². The van der Waals surface area contributed by atoms with Gasteiger partial charge in [-0.3, -0.25) is 10.1 Å². The highest BCUT2D eigenvalue weighted by atomic mass is 19.1. The van der Waals surface area contributed by atoms with Crippen LogP contribution in [0.5, 0.6) is 0 Å². The van der Waals surface area contributed by atoms with Gasteiger partial charge in [-0.2, -0.15) is 0 Å². The Kier molecular flexibility index (Phi) is 4.16. The molecule has 0 radical (unpaired) electrons. The van der Waals surface area contributed by atoms with Crippen LogP contribution >= 0.6 is 0 Å². The van der Waals surface area contributed by atoms with E-state index in [-0.39, 0.29) is 23.2 Å². The van der Waals surface area contributed by atoms with E-state index < -0.39 is 10.7 Å². The minimum absolute atomic E-state index is 0.273. The van der Waals surface area contributed by atoms with Gasteiger partial charge in [-0.15, -0.1) is 0 Å². The van der Waals surface area contributed by atoms with Crippen LogP contribution in [-0.4, -0.2) is 4.92 Å². The predicted octanol–water partition coefficient (Wildman–Crippen LogP) is 4.35. The molecule has 0 aliphatic heterocycles. The standard InChI is InChI=1S/C15H14F2N2O2/c1-9-3-4-11(5-15(9)17)10(2)18-13-6-12(16)7-14(8-13)19(20)21/h3-8,10,18H,1-2H3. The van der Waals surface area contributed by atoms with Crippen molar-refractivity contribution in [2.24, 2.45) is 0 Å². The molecule has 2 rings (SSSR count). The molecule has 1 atom stereocenters. The van der Waals surface area contributed by atoms with Gasteiger partial charge >= 0.3 is 0 Å². The first-order valence-electron chi connectivity index (χ1n) is 6.34. The number of rotatable bonds is 4. The molecule has 0 aromatic heterocycles. The molecule has 0 saturated carbocycles. The molecule has 0 aliphatic carbocycles. The van der Waals surface area contributed by atoms with Crippen LogP contribution in [0.3, 0.4) is 0 Å². The van der Waals surface area contributed by atoms with Crippen molar-refractivity contribution < 1.29 is 13.7 Å². The van der Waals surface area contributed by atoms with Crippen molar-refractivity contribution in [3.05, 3.63) is 69.3 Å². The topological polar surface area (TPSA) is 55.2 Å². The molecule has 110 valence electrons. The van der Waals surface area contributed by atoms with Crippen LogP contribution in [0, 0.1) is 28.7 Å². The maximum atomic E-state index is 13.5. The Balaban J connectivity index is 2.24. The summed E-state index contributed by atoms with van der Waals surface area (Å²) < 4.78 is 26.9. The Morgan fingerprint density at radius 3 is 2.52 bits per heavy atom. The van der Waals surface area contributed by atoms with Crippen molar-refractivity contribution in [1.82, 2.24) is 0 Å². The molecule has 0 saturated heterocycles. The van der Waals surface area contributed by atoms with Gasteiger partial charge in [0.1, 0.15) is 11.6 Å². The summed E-state index contributed by atoms with van der Waals surface area (Å²) in [5.74, 6) is -1.03. The minimum atomic E-state index is -0.700. The molecule has 2 aromatic rings. The SMILES string of the molecule is Cc1ccc(C(C)Nc2cc(F)cc([N+](=O)[O-])c2)cc1F. The van der Waals surface area contributed by atoms with Crippen LogP contribution in [0.2, 0.25) is 0 Å². The maximum absolute atomic E-state index is 13.5. The number of aryl methyl sites for hydroxylation is 1. The Morgan fingerprint density at radius 2 is 1.90 bits per heavy atom. The highest BCUT2D eigenvalue weighted by molar-refractivity contribution is 5.52. The van der Waals surface area contributed by atoms with E-state index in [2.05, 4.69) is 5.32 Å². The quantitative estimate of drug-likeness (QED) is 0.673. The van der Waals surface area contributed by atoms with Gasteiger partial charge in [0, 0.05) is 17.8 Å². The first-order valence-corrected chi connectivity index (χ1v) is 6.34. The van der Waals surface area contributed by atoms with E-state index in [4.69, 9.17) is 0 Å². The lowest BCUT2D eigenvalue weighted by Crippen LogP contribution is -2.07. The van der Waals surface area contributed by atoms with Gasteiger partial charge in [-0.25, -0.2) is 8.78 Å². The van der Waals surface area contributed by atoms with Crippen LogP contribution < -0.4 is 5.32 Å². The number of hydrogen-bond donors (Lipinski definition) is 1. The van der Waals surface area contributed by atoms with Crippen LogP contribution in [0.1, 0.15) is 24.1 Å². The molecule has 0 spiro atoms. The van der Waals surface area contributed by atoms with Gasteiger partial charge in [0.25, 0.3) is 5.69 Å². The second kappa shape index (κ2) is 5.87. The smallest absolute Gasteiger partial charge is 0.274 e. The summed E-state index contributed by atoms with van der Waals surface area (Å²) in [6, 6.07) is 7.72. The third kappa shape index (κ3) is 3.53. The zero-order valence-corrected chi connectivity index (χ0v) is 11.6. The van der Waals surface area contributed by atoms with Crippen molar-refractivity contribution in [1.29, 1.82) is 0 Å². The second-order valence-electron chi connectivity index (χ2n) is 4.83. The van der Waals surface area contributed by atoms with Crippen LogP contribution in [0.15, 0.2) is 36.4 Å². The van der Waals surface area contributed by atoms with Crippen molar-refractivity contribution in [2.45, 2.75) is 19.9 Å². The predicted molar refractivity (Wildman–Crippen MR) is 76.2 cm³/mol. The summed E-state index contributed by atoms with van der Waals surface area (Å²) in [7, 11) is 0. The second-order valence-corrected chi connectivity index (χ2v) is 4.83. The third-order valence-corrected chi connectivity index (χ3v) is 3.17. The molecular weight excluding hydrogens is 278 g/mol.